The standard InChI is InChI=1S/C18H23N5/c1-4-19-15-7-5-14(6-8-15)9-10-20-17-16-12(2)13(3)23-18(16)22-11-21-17/h5-8,11,19H,4,9-10H2,1-3H3,(H2,20,21,22,23). The summed E-state index contributed by atoms with van der Waals surface area (Å²) in [6, 6.07) is 8.59. The highest BCUT2D eigenvalue weighted by atomic mass is 15.0. The lowest BCUT2D eigenvalue weighted by atomic mass is 10.1. The molecular weight excluding hydrogens is 286 g/mol. The Kier molecular flexibility index (Phi) is 4.46. The van der Waals surface area contributed by atoms with E-state index in [0.717, 1.165) is 42.1 Å². The number of anilines is 2. The van der Waals surface area contributed by atoms with Crippen LogP contribution in [0.2, 0.25) is 0 Å². The van der Waals surface area contributed by atoms with Gasteiger partial charge in [-0.1, -0.05) is 12.1 Å². The first-order valence-corrected chi connectivity index (χ1v) is 8.05. The van der Waals surface area contributed by atoms with Gasteiger partial charge in [-0.25, -0.2) is 9.97 Å². The number of fused-ring (bicyclic) bond motifs is 1. The fourth-order valence-electron chi connectivity index (χ4n) is 2.75. The van der Waals surface area contributed by atoms with Crippen LogP contribution in [-0.4, -0.2) is 28.0 Å². The van der Waals surface area contributed by atoms with Crippen LogP contribution in [0.5, 0.6) is 0 Å². The van der Waals surface area contributed by atoms with Crippen molar-refractivity contribution in [3.63, 3.8) is 0 Å². The van der Waals surface area contributed by atoms with Gasteiger partial charge in [0.1, 0.15) is 17.8 Å². The van der Waals surface area contributed by atoms with Crippen LogP contribution in [0.25, 0.3) is 11.0 Å². The number of hydrogen-bond acceptors (Lipinski definition) is 4. The fraction of sp³-hybridized carbons (Fsp3) is 0.333. The predicted molar refractivity (Wildman–Crippen MR) is 96.2 cm³/mol. The van der Waals surface area contributed by atoms with E-state index in [1.165, 1.54) is 16.8 Å². The monoisotopic (exact) mass is 309 g/mol. The van der Waals surface area contributed by atoms with Crippen molar-refractivity contribution in [1.82, 2.24) is 15.0 Å². The molecular formula is C18H23N5. The van der Waals surface area contributed by atoms with Gasteiger partial charge in [-0.05, 0) is 50.5 Å². The summed E-state index contributed by atoms with van der Waals surface area (Å²) in [5, 5.41) is 7.84. The summed E-state index contributed by atoms with van der Waals surface area (Å²) in [6.07, 6.45) is 2.56. The zero-order valence-electron chi connectivity index (χ0n) is 13.9. The van der Waals surface area contributed by atoms with E-state index < -0.39 is 0 Å². The van der Waals surface area contributed by atoms with Crippen LogP contribution >= 0.6 is 0 Å². The normalized spacial score (nSPS) is 10.9. The molecule has 3 aromatic rings. The Bertz CT molecular complexity index is 789. The van der Waals surface area contributed by atoms with E-state index in [-0.39, 0.29) is 0 Å². The first kappa shape index (κ1) is 15.3. The fourth-order valence-corrected chi connectivity index (χ4v) is 2.75. The highest BCUT2D eigenvalue weighted by Crippen LogP contribution is 2.25. The Morgan fingerprint density at radius 2 is 1.83 bits per heavy atom. The molecule has 3 N–H and O–H groups in total. The third-order valence-corrected chi connectivity index (χ3v) is 4.13. The topological polar surface area (TPSA) is 65.6 Å². The third kappa shape index (κ3) is 3.28. The van der Waals surface area contributed by atoms with Gasteiger partial charge in [0, 0.05) is 24.5 Å². The first-order valence-electron chi connectivity index (χ1n) is 8.05. The summed E-state index contributed by atoms with van der Waals surface area (Å²) in [5.74, 6) is 0.904. The maximum Gasteiger partial charge on any atom is 0.143 e. The zero-order valence-corrected chi connectivity index (χ0v) is 13.9. The predicted octanol–water partition coefficient (Wildman–Crippen LogP) is 3.66. The number of aromatic amines is 1. The minimum Gasteiger partial charge on any atom is -0.385 e. The van der Waals surface area contributed by atoms with E-state index in [1.807, 2.05) is 0 Å². The molecule has 3 rings (SSSR count). The molecule has 0 unspecified atom stereocenters. The number of benzene rings is 1. The van der Waals surface area contributed by atoms with Gasteiger partial charge >= 0.3 is 0 Å². The van der Waals surface area contributed by atoms with Gasteiger partial charge in [-0.3, -0.25) is 0 Å². The van der Waals surface area contributed by atoms with Crippen molar-refractivity contribution in [3.8, 4) is 0 Å². The molecule has 5 heteroatoms. The number of hydrogen-bond donors (Lipinski definition) is 3. The minimum absolute atomic E-state index is 0.844. The SMILES string of the molecule is CCNc1ccc(CCNc2ncnc3[nH]c(C)c(C)c23)cc1. The quantitative estimate of drug-likeness (QED) is 0.650. The number of nitrogens with zero attached hydrogens (tertiary/aromatic N) is 2. The molecule has 2 heterocycles. The van der Waals surface area contributed by atoms with Crippen LogP contribution in [0.1, 0.15) is 23.7 Å². The molecule has 0 atom stereocenters. The number of H-pyrrole nitrogens is 1. The van der Waals surface area contributed by atoms with E-state index in [9.17, 15) is 0 Å². The lowest BCUT2D eigenvalue weighted by Crippen LogP contribution is -2.07. The molecule has 5 nitrogen and oxygen atoms in total. The van der Waals surface area contributed by atoms with Crippen LogP contribution in [0.4, 0.5) is 11.5 Å². The van der Waals surface area contributed by atoms with E-state index in [1.54, 1.807) is 6.33 Å². The van der Waals surface area contributed by atoms with E-state index in [0.29, 0.717) is 0 Å². The summed E-state index contributed by atoms with van der Waals surface area (Å²) in [6.45, 7) is 8.05. The molecule has 0 fully saturated rings. The number of aryl methyl sites for hydroxylation is 2. The van der Waals surface area contributed by atoms with Crippen molar-refractivity contribution in [3.05, 3.63) is 47.4 Å². The van der Waals surface area contributed by atoms with Crippen LogP contribution in [0.3, 0.4) is 0 Å². The highest BCUT2D eigenvalue weighted by molar-refractivity contribution is 5.91. The molecule has 23 heavy (non-hydrogen) atoms. The lowest BCUT2D eigenvalue weighted by molar-refractivity contribution is 1.01. The minimum atomic E-state index is 0.844. The summed E-state index contributed by atoms with van der Waals surface area (Å²) in [4.78, 5) is 12.0. The molecule has 0 saturated heterocycles. The summed E-state index contributed by atoms with van der Waals surface area (Å²) in [7, 11) is 0. The van der Waals surface area contributed by atoms with Gasteiger partial charge in [0.15, 0.2) is 0 Å². The number of nitrogens with one attached hydrogen (secondary N) is 3. The van der Waals surface area contributed by atoms with Gasteiger partial charge in [0.2, 0.25) is 0 Å². The van der Waals surface area contributed by atoms with Crippen LogP contribution in [-0.2, 0) is 6.42 Å². The molecule has 0 aliphatic heterocycles. The Labute approximate surface area is 136 Å². The maximum atomic E-state index is 4.40. The van der Waals surface area contributed by atoms with Crippen LogP contribution < -0.4 is 10.6 Å². The third-order valence-electron chi connectivity index (χ3n) is 4.13. The molecule has 0 spiro atoms. The van der Waals surface area contributed by atoms with Crippen LogP contribution in [0.15, 0.2) is 30.6 Å². The van der Waals surface area contributed by atoms with Crippen molar-refractivity contribution < 1.29 is 0 Å². The van der Waals surface area contributed by atoms with Crippen molar-refractivity contribution in [1.29, 1.82) is 0 Å². The molecule has 1 aromatic carbocycles. The number of rotatable bonds is 6. The van der Waals surface area contributed by atoms with Crippen molar-refractivity contribution in [2.75, 3.05) is 23.7 Å². The maximum absolute atomic E-state index is 4.40. The van der Waals surface area contributed by atoms with E-state index in [4.69, 9.17) is 0 Å². The lowest BCUT2D eigenvalue weighted by Gasteiger charge is -2.08. The van der Waals surface area contributed by atoms with Gasteiger partial charge in [-0.2, -0.15) is 0 Å². The summed E-state index contributed by atoms with van der Waals surface area (Å²) < 4.78 is 0. The molecule has 0 amide bonds. The van der Waals surface area contributed by atoms with Crippen molar-refractivity contribution in [2.24, 2.45) is 0 Å². The van der Waals surface area contributed by atoms with Crippen molar-refractivity contribution >= 4 is 22.5 Å². The Balaban J connectivity index is 1.67. The zero-order chi connectivity index (χ0) is 16.2. The molecule has 0 aliphatic carbocycles. The van der Waals surface area contributed by atoms with E-state index in [2.05, 4.69) is 70.6 Å². The average Bonchev–Trinajstić information content (AvgIpc) is 2.85. The van der Waals surface area contributed by atoms with Gasteiger partial charge in [0.05, 0.1) is 5.39 Å². The van der Waals surface area contributed by atoms with Gasteiger partial charge in [0.25, 0.3) is 0 Å². The van der Waals surface area contributed by atoms with Crippen molar-refractivity contribution in [2.45, 2.75) is 27.2 Å². The van der Waals surface area contributed by atoms with Gasteiger partial charge < -0.3 is 15.6 Å². The second kappa shape index (κ2) is 6.69. The number of aromatic nitrogens is 3. The van der Waals surface area contributed by atoms with E-state index >= 15 is 0 Å². The van der Waals surface area contributed by atoms with Crippen LogP contribution in [0, 0.1) is 13.8 Å². The molecule has 2 aromatic heterocycles. The summed E-state index contributed by atoms with van der Waals surface area (Å²) in [5.41, 5.74) is 5.72. The Morgan fingerprint density at radius 1 is 1.04 bits per heavy atom. The largest absolute Gasteiger partial charge is 0.385 e. The first-order chi connectivity index (χ1) is 11.2. The second-order valence-electron chi connectivity index (χ2n) is 5.72. The smallest absolute Gasteiger partial charge is 0.143 e. The highest BCUT2D eigenvalue weighted by Gasteiger charge is 2.10. The summed E-state index contributed by atoms with van der Waals surface area (Å²) >= 11 is 0. The molecule has 120 valence electrons. The second-order valence-corrected chi connectivity index (χ2v) is 5.72. The molecule has 0 bridgehead atoms. The van der Waals surface area contributed by atoms with Gasteiger partial charge in [-0.15, -0.1) is 0 Å². The Hall–Kier alpha value is -2.56. The average molecular weight is 309 g/mol. The molecule has 0 aliphatic rings. The Morgan fingerprint density at radius 3 is 2.57 bits per heavy atom. The molecule has 0 radical (unpaired) electrons. The molecule has 0 saturated carbocycles.